The van der Waals surface area contributed by atoms with Crippen molar-refractivity contribution in [3.63, 3.8) is 0 Å². The van der Waals surface area contributed by atoms with Crippen molar-refractivity contribution in [3.8, 4) is 33.5 Å². The van der Waals surface area contributed by atoms with E-state index in [-0.39, 0.29) is 5.82 Å². The Morgan fingerprint density at radius 2 is 1.84 bits per heavy atom. The molecule has 0 atom stereocenters. The minimum absolute atomic E-state index is 0.279. The van der Waals surface area contributed by atoms with E-state index in [0.29, 0.717) is 6.54 Å². The summed E-state index contributed by atoms with van der Waals surface area (Å²) in [4.78, 5) is 4.86. The van der Waals surface area contributed by atoms with Crippen molar-refractivity contribution < 1.29 is 13.9 Å². The highest BCUT2D eigenvalue weighted by molar-refractivity contribution is 7.19. The number of aryl methyl sites for hydroxylation is 2. The first-order chi connectivity index (χ1) is 15.0. The number of hydrogen-bond acceptors (Lipinski definition) is 6. The average molecular weight is 439 g/mol. The van der Waals surface area contributed by atoms with Crippen LogP contribution in [0.2, 0.25) is 0 Å². The molecule has 0 unspecified atom stereocenters. The van der Waals surface area contributed by atoms with Gasteiger partial charge in [0, 0.05) is 30.8 Å². The van der Waals surface area contributed by atoms with Gasteiger partial charge in [0.05, 0.1) is 25.6 Å². The van der Waals surface area contributed by atoms with Crippen LogP contribution in [0.5, 0.6) is 11.5 Å². The van der Waals surface area contributed by atoms with E-state index in [4.69, 9.17) is 14.5 Å². The lowest BCUT2D eigenvalue weighted by atomic mass is 10.1. The number of aromatic nitrogens is 3. The van der Waals surface area contributed by atoms with Gasteiger partial charge < -0.3 is 14.8 Å². The molecule has 2 aromatic heterocycles. The molecule has 4 aromatic rings. The van der Waals surface area contributed by atoms with Gasteiger partial charge in [0.2, 0.25) is 0 Å². The van der Waals surface area contributed by atoms with E-state index < -0.39 is 0 Å². The Kier molecular flexibility index (Phi) is 5.90. The largest absolute Gasteiger partial charge is 0.497 e. The van der Waals surface area contributed by atoms with Crippen LogP contribution in [0.3, 0.4) is 0 Å². The first-order valence-corrected chi connectivity index (χ1v) is 10.5. The summed E-state index contributed by atoms with van der Waals surface area (Å²) >= 11 is 1.54. The number of nitrogens with one attached hydrogen (secondary N) is 1. The molecule has 0 fully saturated rings. The van der Waals surface area contributed by atoms with Crippen molar-refractivity contribution >= 4 is 16.3 Å². The van der Waals surface area contributed by atoms with Gasteiger partial charge in [0.25, 0.3) is 0 Å². The van der Waals surface area contributed by atoms with E-state index in [1.807, 2.05) is 42.9 Å². The molecule has 31 heavy (non-hydrogen) atoms. The SMILES string of the molecule is COc1ccc(CNc2sc(-c3cc(C)nn3C)nc2-c2ccc(F)cc2)c(OC)c1. The smallest absolute Gasteiger partial charge is 0.144 e. The number of methoxy groups -OCH3 is 2. The van der Waals surface area contributed by atoms with Crippen LogP contribution in [0, 0.1) is 12.7 Å². The summed E-state index contributed by atoms with van der Waals surface area (Å²) in [6, 6.07) is 14.1. The summed E-state index contributed by atoms with van der Waals surface area (Å²) < 4.78 is 26.1. The zero-order valence-corrected chi connectivity index (χ0v) is 18.6. The summed E-state index contributed by atoms with van der Waals surface area (Å²) in [6.45, 7) is 2.49. The van der Waals surface area contributed by atoms with Crippen LogP contribution >= 0.6 is 11.3 Å². The Hall–Kier alpha value is -3.39. The van der Waals surface area contributed by atoms with E-state index >= 15 is 0 Å². The number of rotatable bonds is 7. The minimum Gasteiger partial charge on any atom is -0.497 e. The Morgan fingerprint density at radius 1 is 1.06 bits per heavy atom. The lowest BCUT2D eigenvalue weighted by Gasteiger charge is -2.12. The van der Waals surface area contributed by atoms with Gasteiger partial charge in [-0.05, 0) is 49.4 Å². The van der Waals surface area contributed by atoms with Gasteiger partial charge in [0.1, 0.15) is 33.0 Å². The number of anilines is 1. The van der Waals surface area contributed by atoms with Gasteiger partial charge in [0.15, 0.2) is 0 Å². The lowest BCUT2D eigenvalue weighted by molar-refractivity contribution is 0.391. The number of ether oxygens (including phenoxy) is 2. The first-order valence-electron chi connectivity index (χ1n) is 9.71. The van der Waals surface area contributed by atoms with Gasteiger partial charge in [-0.2, -0.15) is 5.10 Å². The predicted octanol–water partition coefficient (Wildman–Crippen LogP) is 5.29. The number of benzene rings is 2. The van der Waals surface area contributed by atoms with Gasteiger partial charge in [-0.3, -0.25) is 4.68 Å². The quantitative estimate of drug-likeness (QED) is 0.425. The molecule has 0 aliphatic heterocycles. The van der Waals surface area contributed by atoms with Gasteiger partial charge in [-0.1, -0.05) is 11.3 Å². The third-order valence-corrected chi connectivity index (χ3v) is 5.94. The average Bonchev–Trinajstić information content (AvgIpc) is 3.34. The second-order valence-corrected chi connectivity index (χ2v) is 8.03. The number of thiazole rings is 1. The maximum absolute atomic E-state index is 13.5. The summed E-state index contributed by atoms with van der Waals surface area (Å²) in [7, 11) is 5.16. The van der Waals surface area contributed by atoms with Crippen molar-refractivity contribution in [1.29, 1.82) is 0 Å². The predicted molar refractivity (Wildman–Crippen MR) is 121 cm³/mol. The molecule has 0 radical (unpaired) electrons. The molecule has 160 valence electrons. The van der Waals surface area contributed by atoms with Crippen molar-refractivity contribution in [2.45, 2.75) is 13.5 Å². The highest BCUT2D eigenvalue weighted by Crippen LogP contribution is 2.38. The third kappa shape index (κ3) is 4.39. The number of hydrogen-bond donors (Lipinski definition) is 1. The Morgan fingerprint density at radius 3 is 2.48 bits per heavy atom. The van der Waals surface area contributed by atoms with Crippen LogP contribution < -0.4 is 14.8 Å². The molecule has 0 bridgehead atoms. The summed E-state index contributed by atoms with van der Waals surface area (Å²) in [5.74, 6) is 1.19. The van der Waals surface area contributed by atoms with Crippen molar-refractivity contribution in [2.24, 2.45) is 7.05 Å². The molecule has 0 saturated heterocycles. The zero-order valence-electron chi connectivity index (χ0n) is 17.8. The number of halogens is 1. The second kappa shape index (κ2) is 8.77. The molecule has 6 nitrogen and oxygen atoms in total. The lowest BCUT2D eigenvalue weighted by Crippen LogP contribution is -2.02. The monoisotopic (exact) mass is 438 g/mol. The van der Waals surface area contributed by atoms with Gasteiger partial charge in [-0.15, -0.1) is 0 Å². The highest BCUT2D eigenvalue weighted by Gasteiger charge is 2.18. The molecule has 0 aliphatic rings. The third-order valence-electron chi connectivity index (χ3n) is 4.90. The van der Waals surface area contributed by atoms with Crippen molar-refractivity contribution in [3.05, 3.63) is 65.6 Å². The molecule has 0 saturated carbocycles. The van der Waals surface area contributed by atoms with Crippen LogP contribution in [-0.4, -0.2) is 29.0 Å². The normalized spacial score (nSPS) is 10.9. The standard InChI is InChI=1S/C23H23FN4O2S/c1-14-11-19(28(2)27-14)22-26-21(15-5-8-17(24)9-6-15)23(31-22)25-13-16-7-10-18(29-3)12-20(16)30-4/h5-12,25H,13H2,1-4H3. The summed E-state index contributed by atoms with van der Waals surface area (Å²) in [5, 5.41) is 9.64. The highest BCUT2D eigenvalue weighted by atomic mass is 32.1. The fourth-order valence-corrected chi connectivity index (χ4v) is 4.37. The maximum atomic E-state index is 13.5. The topological polar surface area (TPSA) is 61.2 Å². The van der Waals surface area contributed by atoms with Crippen LogP contribution in [-0.2, 0) is 13.6 Å². The molecule has 1 N–H and O–H groups in total. The Labute approximate surface area is 184 Å². The molecule has 0 spiro atoms. The fourth-order valence-electron chi connectivity index (χ4n) is 3.34. The molecular formula is C23H23FN4O2S. The molecule has 2 aromatic carbocycles. The van der Waals surface area contributed by atoms with Crippen molar-refractivity contribution in [1.82, 2.24) is 14.8 Å². The van der Waals surface area contributed by atoms with E-state index in [1.165, 1.54) is 23.5 Å². The van der Waals surface area contributed by atoms with E-state index in [0.717, 1.165) is 49.7 Å². The van der Waals surface area contributed by atoms with E-state index in [9.17, 15) is 4.39 Å². The van der Waals surface area contributed by atoms with Gasteiger partial charge >= 0.3 is 0 Å². The summed E-state index contributed by atoms with van der Waals surface area (Å²) in [6.07, 6.45) is 0. The zero-order chi connectivity index (χ0) is 22.0. The summed E-state index contributed by atoms with van der Waals surface area (Å²) in [5.41, 5.74) is 4.45. The maximum Gasteiger partial charge on any atom is 0.144 e. The van der Waals surface area contributed by atoms with Crippen LogP contribution in [0.25, 0.3) is 22.0 Å². The number of nitrogens with zero attached hydrogens (tertiary/aromatic N) is 3. The minimum atomic E-state index is -0.279. The van der Waals surface area contributed by atoms with Crippen LogP contribution in [0.15, 0.2) is 48.5 Å². The van der Waals surface area contributed by atoms with Gasteiger partial charge in [-0.25, -0.2) is 9.37 Å². The fraction of sp³-hybridized carbons (Fsp3) is 0.217. The van der Waals surface area contributed by atoms with Crippen LogP contribution in [0.1, 0.15) is 11.3 Å². The molecular weight excluding hydrogens is 415 g/mol. The second-order valence-electron chi connectivity index (χ2n) is 7.03. The molecule has 0 amide bonds. The molecule has 8 heteroatoms. The molecule has 0 aliphatic carbocycles. The van der Waals surface area contributed by atoms with Crippen molar-refractivity contribution in [2.75, 3.05) is 19.5 Å². The molecule has 4 rings (SSSR count). The Balaban J connectivity index is 1.70. The Bertz CT molecular complexity index is 1200. The van der Waals surface area contributed by atoms with E-state index in [2.05, 4.69) is 10.4 Å². The first kappa shape index (κ1) is 20.9. The molecule has 2 heterocycles. The van der Waals surface area contributed by atoms with Crippen LogP contribution in [0.4, 0.5) is 9.39 Å². The van der Waals surface area contributed by atoms with E-state index in [1.54, 1.807) is 26.4 Å².